The molecule has 0 spiro atoms. The Balaban J connectivity index is 2.91. The van der Waals surface area contributed by atoms with Crippen molar-refractivity contribution in [3.8, 4) is 0 Å². The van der Waals surface area contributed by atoms with Crippen LogP contribution in [0.1, 0.15) is 35.5 Å². The van der Waals surface area contributed by atoms with Gasteiger partial charge in [0.1, 0.15) is 5.60 Å². The van der Waals surface area contributed by atoms with Crippen LogP contribution in [0.5, 0.6) is 0 Å². The summed E-state index contributed by atoms with van der Waals surface area (Å²) in [5.41, 5.74) is -0.141. The first-order valence-electron chi connectivity index (χ1n) is 4.29. The summed E-state index contributed by atoms with van der Waals surface area (Å²) >= 11 is 1.39. The Bertz CT molecular complexity index is 312. The van der Waals surface area contributed by atoms with Crippen LogP contribution in [0.2, 0.25) is 0 Å². The van der Waals surface area contributed by atoms with Gasteiger partial charge in [-0.25, -0.2) is 0 Å². The molecular formula is C10H14O2S. The molecule has 3 heteroatoms. The van der Waals surface area contributed by atoms with Crippen LogP contribution in [0.15, 0.2) is 11.4 Å². The van der Waals surface area contributed by atoms with Crippen molar-refractivity contribution < 1.29 is 9.90 Å². The molecule has 0 saturated heterocycles. The Morgan fingerprint density at radius 2 is 2.31 bits per heavy atom. The van der Waals surface area contributed by atoms with Gasteiger partial charge >= 0.3 is 0 Å². The standard InChI is InChI=1S/C10H14O2S/c1-4-10(3,12)9(11)8-5-7(2)6-13-8/h5-6,12H,4H2,1-3H3/t10-/m0/s1. The summed E-state index contributed by atoms with van der Waals surface area (Å²) in [5.74, 6) is -0.173. The highest BCUT2D eigenvalue weighted by molar-refractivity contribution is 7.12. The number of thiophene rings is 1. The van der Waals surface area contributed by atoms with Crippen molar-refractivity contribution in [2.24, 2.45) is 0 Å². The molecule has 0 bridgehead atoms. The fourth-order valence-electron chi connectivity index (χ4n) is 0.976. The minimum atomic E-state index is -1.21. The van der Waals surface area contributed by atoms with Crippen LogP contribution in [0, 0.1) is 6.92 Å². The molecule has 0 aromatic carbocycles. The van der Waals surface area contributed by atoms with E-state index in [0.29, 0.717) is 11.3 Å². The number of aryl methyl sites for hydroxylation is 1. The van der Waals surface area contributed by atoms with Crippen LogP contribution >= 0.6 is 11.3 Å². The molecule has 1 heterocycles. The van der Waals surface area contributed by atoms with Gasteiger partial charge in [-0.1, -0.05) is 6.92 Å². The average molecular weight is 198 g/mol. The second-order valence-electron chi connectivity index (χ2n) is 3.44. The largest absolute Gasteiger partial charge is 0.382 e. The monoisotopic (exact) mass is 198 g/mol. The van der Waals surface area contributed by atoms with Gasteiger partial charge in [0, 0.05) is 0 Å². The first kappa shape index (κ1) is 10.4. The van der Waals surface area contributed by atoms with Gasteiger partial charge in [0.2, 0.25) is 5.78 Å². The van der Waals surface area contributed by atoms with Crippen LogP contribution < -0.4 is 0 Å². The number of hydrogen-bond acceptors (Lipinski definition) is 3. The van der Waals surface area contributed by atoms with E-state index in [1.54, 1.807) is 13.8 Å². The summed E-state index contributed by atoms with van der Waals surface area (Å²) in [7, 11) is 0. The van der Waals surface area contributed by atoms with E-state index in [2.05, 4.69) is 0 Å². The van der Waals surface area contributed by atoms with E-state index in [4.69, 9.17) is 0 Å². The number of aliphatic hydroxyl groups is 1. The minimum Gasteiger partial charge on any atom is -0.382 e. The zero-order valence-electron chi connectivity index (χ0n) is 8.13. The van der Waals surface area contributed by atoms with Gasteiger partial charge in [-0.3, -0.25) is 4.79 Å². The molecule has 0 aliphatic rings. The molecule has 1 aromatic rings. The summed E-state index contributed by atoms with van der Waals surface area (Å²) < 4.78 is 0. The van der Waals surface area contributed by atoms with Gasteiger partial charge in [0.05, 0.1) is 4.88 Å². The van der Waals surface area contributed by atoms with Crippen LogP contribution in [-0.4, -0.2) is 16.5 Å². The lowest BCUT2D eigenvalue weighted by Gasteiger charge is -2.18. The Hall–Kier alpha value is -0.670. The highest BCUT2D eigenvalue weighted by Gasteiger charge is 2.29. The minimum absolute atomic E-state index is 0.173. The maximum absolute atomic E-state index is 11.7. The molecule has 0 aliphatic heterocycles. The molecule has 1 aromatic heterocycles. The molecule has 1 N–H and O–H groups in total. The van der Waals surface area contributed by atoms with Crippen molar-refractivity contribution in [2.75, 3.05) is 0 Å². The smallest absolute Gasteiger partial charge is 0.203 e. The van der Waals surface area contributed by atoms with Gasteiger partial charge in [0.25, 0.3) is 0 Å². The summed E-state index contributed by atoms with van der Waals surface area (Å²) in [5, 5.41) is 11.6. The Labute approximate surface area is 82.2 Å². The molecule has 1 rings (SSSR count). The number of ketones is 1. The van der Waals surface area contributed by atoms with E-state index >= 15 is 0 Å². The normalized spacial score (nSPS) is 15.4. The van der Waals surface area contributed by atoms with Crippen molar-refractivity contribution in [3.63, 3.8) is 0 Å². The van der Waals surface area contributed by atoms with Gasteiger partial charge in [0.15, 0.2) is 0 Å². The SMILES string of the molecule is CC[C@](C)(O)C(=O)c1cc(C)cs1. The van der Waals surface area contributed by atoms with Gasteiger partial charge in [-0.2, -0.15) is 0 Å². The molecule has 0 fully saturated rings. The molecule has 0 aliphatic carbocycles. The van der Waals surface area contributed by atoms with E-state index in [1.807, 2.05) is 18.4 Å². The molecule has 0 unspecified atom stereocenters. The van der Waals surface area contributed by atoms with Crippen molar-refractivity contribution in [1.29, 1.82) is 0 Å². The molecule has 2 nitrogen and oxygen atoms in total. The first-order chi connectivity index (χ1) is 5.97. The van der Waals surface area contributed by atoms with E-state index in [0.717, 1.165) is 5.56 Å². The van der Waals surface area contributed by atoms with Gasteiger partial charge in [-0.15, -0.1) is 11.3 Å². The lowest BCUT2D eigenvalue weighted by molar-refractivity contribution is 0.0395. The average Bonchev–Trinajstić information content (AvgIpc) is 2.50. The molecule has 1 atom stereocenters. The lowest BCUT2D eigenvalue weighted by atomic mass is 9.97. The second-order valence-corrected chi connectivity index (χ2v) is 4.36. The third-order valence-corrected chi connectivity index (χ3v) is 3.18. The third-order valence-electron chi connectivity index (χ3n) is 2.13. The molecule has 0 saturated carbocycles. The summed E-state index contributed by atoms with van der Waals surface area (Å²) in [6.45, 7) is 5.30. The summed E-state index contributed by atoms with van der Waals surface area (Å²) in [6.07, 6.45) is 0.447. The summed E-state index contributed by atoms with van der Waals surface area (Å²) in [6, 6.07) is 1.82. The topological polar surface area (TPSA) is 37.3 Å². The Kier molecular flexibility index (Phi) is 2.88. The Morgan fingerprint density at radius 1 is 1.69 bits per heavy atom. The van der Waals surface area contributed by atoms with Crippen molar-refractivity contribution in [2.45, 2.75) is 32.8 Å². The number of Topliss-reactive ketones (excluding diaryl/α,β-unsaturated/α-hetero) is 1. The molecule has 0 amide bonds. The number of carbonyl (C=O) groups is 1. The molecule has 0 radical (unpaired) electrons. The van der Waals surface area contributed by atoms with Gasteiger partial charge < -0.3 is 5.11 Å². The van der Waals surface area contributed by atoms with E-state index in [-0.39, 0.29) is 5.78 Å². The zero-order valence-corrected chi connectivity index (χ0v) is 8.94. The van der Waals surface area contributed by atoms with Crippen molar-refractivity contribution in [3.05, 3.63) is 21.9 Å². The predicted octanol–water partition coefficient (Wildman–Crippen LogP) is 2.40. The first-order valence-corrected chi connectivity index (χ1v) is 5.17. The maximum atomic E-state index is 11.7. The fraction of sp³-hybridized carbons (Fsp3) is 0.500. The summed E-state index contributed by atoms with van der Waals surface area (Å²) in [4.78, 5) is 12.3. The quantitative estimate of drug-likeness (QED) is 0.757. The number of rotatable bonds is 3. The third kappa shape index (κ3) is 2.17. The van der Waals surface area contributed by atoms with Crippen LogP contribution in [0.3, 0.4) is 0 Å². The van der Waals surface area contributed by atoms with Crippen molar-refractivity contribution in [1.82, 2.24) is 0 Å². The number of hydrogen-bond donors (Lipinski definition) is 1. The molecular weight excluding hydrogens is 184 g/mol. The Morgan fingerprint density at radius 3 is 2.69 bits per heavy atom. The van der Waals surface area contributed by atoms with E-state index in [9.17, 15) is 9.90 Å². The van der Waals surface area contributed by atoms with Crippen molar-refractivity contribution >= 4 is 17.1 Å². The maximum Gasteiger partial charge on any atom is 0.203 e. The van der Waals surface area contributed by atoms with Crippen LogP contribution in [0.25, 0.3) is 0 Å². The van der Waals surface area contributed by atoms with Crippen LogP contribution in [0.4, 0.5) is 0 Å². The van der Waals surface area contributed by atoms with E-state index < -0.39 is 5.60 Å². The highest BCUT2D eigenvalue weighted by atomic mass is 32.1. The molecule has 72 valence electrons. The molecule has 13 heavy (non-hydrogen) atoms. The lowest BCUT2D eigenvalue weighted by Crippen LogP contribution is -2.33. The fourth-order valence-corrected chi connectivity index (χ4v) is 1.94. The zero-order chi connectivity index (χ0) is 10.1. The highest BCUT2D eigenvalue weighted by Crippen LogP contribution is 2.22. The van der Waals surface area contributed by atoms with Gasteiger partial charge in [-0.05, 0) is 37.3 Å². The predicted molar refractivity (Wildman–Crippen MR) is 54.3 cm³/mol. The number of carbonyl (C=O) groups excluding carboxylic acids is 1. The second kappa shape index (κ2) is 3.60. The van der Waals surface area contributed by atoms with E-state index in [1.165, 1.54) is 11.3 Å². The van der Waals surface area contributed by atoms with Crippen LogP contribution in [-0.2, 0) is 0 Å².